The van der Waals surface area contributed by atoms with Gasteiger partial charge in [0.1, 0.15) is 5.75 Å². The van der Waals surface area contributed by atoms with E-state index in [1.165, 1.54) is 0 Å². The van der Waals surface area contributed by atoms with E-state index in [0.29, 0.717) is 24.2 Å². The summed E-state index contributed by atoms with van der Waals surface area (Å²) in [5.41, 5.74) is 2.42. The fraction of sp³-hybridized carbons (Fsp3) is 0.391. The van der Waals surface area contributed by atoms with Crippen molar-refractivity contribution in [2.45, 2.75) is 45.3 Å². The van der Waals surface area contributed by atoms with E-state index < -0.39 is 0 Å². The van der Waals surface area contributed by atoms with Gasteiger partial charge < -0.3 is 14.7 Å². The van der Waals surface area contributed by atoms with Gasteiger partial charge in [-0.1, -0.05) is 48.0 Å². The lowest BCUT2D eigenvalue weighted by atomic mass is 10.0. The molecule has 0 aliphatic carbocycles. The van der Waals surface area contributed by atoms with Crippen LogP contribution in [-0.4, -0.2) is 41.0 Å². The normalized spacial score (nSPS) is 16.1. The van der Waals surface area contributed by atoms with E-state index in [2.05, 4.69) is 0 Å². The molecule has 1 unspecified atom stereocenters. The quantitative estimate of drug-likeness (QED) is 0.705. The van der Waals surface area contributed by atoms with Gasteiger partial charge in [-0.3, -0.25) is 9.59 Å². The molecule has 0 saturated carbocycles. The number of carbonyl (C=O) groups excluding carboxylic acids is 2. The number of para-hydroxylation sites is 1. The summed E-state index contributed by atoms with van der Waals surface area (Å²) in [6.07, 6.45) is 2.25. The number of rotatable bonds is 8. The standard InChI is InChI=1S/C23H27NO4/c1-17-8-10-18(11-9-17)22(26)12-13-23(27)24(16-20-6-4-14-28-20)15-19-5-2-3-7-21(19)25/h2-3,5,7-11,20,25H,4,6,12-16H2,1H3. The number of hydrogen-bond donors (Lipinski definition) is 1. The molecule has 1 aliphatic heterocycles. The highest BCUT2D eigenvalue weighted by Crippen LogP contribution is 2.21. The minimum absolute atomic E-state index is 0.0163. The Labute approximate surface area is 165 Å². The SMILES string of the molecule is Cc1ccc(C(=O)CCC(=O)N(Cc2ccccc2O)CC2CCCO2)cc1. The average molecular weight is 381 g/mol. The van der Waals surface area contributed by atoms with Crippen molar-refractivity contribution in [2.24, 2.45) is 0 Å². The van der Waals surface area contributed by atoms with Crippen LogP contribution < -0.4 is 0 Å². The Morgan fingerprint density at radius 1 is 1.11 bits per heavy atom. The zero-order valence-electron chi connectivity index (χ0n) is 16.3. The van der Waals surface area contributed by atoms with Crippen LogP contribution in [0.3, 0.4) is 0 Å². The Morgan fingerprint density at radius 3 is 2.54 bits per heavy atom. The number of nitrogens with zero attached hydrogens (tertiary/aromatic N) is 1. The molecule has 0 aromatic heterocycles. The lowest BCUT2D eigenvalue weighted by Gasteiger charge is -2.26. The number of ketones is 1. The third-order valence-electron chi connectivity index (χ3n) is 5.09. The maximum Gasteiger partial charge on any atom is 0.223 e. The van der Waals surface area contributed by atoms with E-state index in [-0.39, 0.29) is 36.4 Å². The van der Waals surface area contributed by atoms with Crippen LogP contribution in [0.15, 0.2) is 48.5 Å². The van der Waals surface area contributed by atoms with Gasteiger partial charge in [0.25, 0.3) is 0 Å². The Balaban J connectivity index is 1.64. The molecule has 3 rings (SSSR count). The number of Topliss-reactive ketones (excluding diaryl/α,β-unsaturated/α-hetero) is 1. The maximum absolute atomic E-state index is 12.9. The average Bonchev–Trinajstić information content (AvgIpc) is 3.20. The molecule has 2 aromatic carbocycles. The number of phenols is 1. The molecule has 0 spiro atoms. The number of aryl methyl sites for hydroxylation is 1. The minimum Gasteiger partial charge on any atom is -0.508 e. The lowest BCUT2D eigenvalue weighted by Crippen LogP contribution is -2.37. The number of aromatic hydroxyl groups is 1. The minimum atomic E-state index is -0.0979. The number of ether oxygens (including phenoxy) is 1. The molecule has 1 amide bonds. The van der Waals surface area contributed by atoms with Crippen molar-refractivity contribution in [1.82, 2.24) is 4.90 Å². The monoisotopic (exact) mass is 381 g/mol. The largest absolute Gasteiger partial charge is 0.508 e. The Morgan fingerprint density at radius 2 is 1.86 bits per heavy atom. The summed E-state index contributed by atoms with van der Waals surface area (Å²) in [5, 5.41) is 10.1. The van der Waals surface area contributed by atoms with Gasteiger partial charge in [0, 0.05) is 43.7 Å². The van der Waals surface area contributed by atoms with Crippen LogP contribution in [0, 0.1) is 6.92 Å². The Hall–Kier alpha value is -2.66. The third-order valence-corrected chi connectivity index (χ3v) is 5.09. The zero-order chi connectivity index (χ0) is 19.9. The molecule has 1 heterocycles. The Kier molecular flexibility index (Phi) is 6.82. The lowest BCUT2D eigenvalue weighted by molar-refractivity contribution is -0.133. The second-order valence-corrected chi connectivity index (χ2v) is 7.33. The second kappa shape index (κ2) is 9.51. The number of benzene rings is 2. The predicted molar refractivity (Wildman–Crippen MR) is 107 cm³/mol. The summed E-state index contributed by atoms with van der Waals surface area (Å²) in [7, 11) is 0. The van der Waals surface area contributed by atoms with E-state index in [1.54, 1.807) is 29.2 Å². The topological polar surface area (TPSA) is 66.8 Å². The summed E-state index contributed by atoms with van der Waals surface area (Å²) >= 11 is 0. The molecule has 1 atom stereocenters. The Bertz CT molecular complexity index is 810. The first-order chi connectivity index (χ1) is 13.5. The highest BCUT2D eigenvalue weighted by atomic mass is 16.5. The molecule has 1 saturated heterocycles. The number of phenolic OH excluding ortho intramolecular Hbond substituents is 1. The molecular weight excluding hydrogens is 354 g/mol. The number of carbonyl (C=O) groups is 2. The van der Waals surface area contributed by atoms with Gasteiger partial charge >= 0.3 is 0 Å². The fourth-order valence-electron chi connectivity index (χ4n) is 3.40. The molecule has 5 heteroatoms. The summed E-state index contributed by atoms with van der Waals surface area (Å²) in [5.74, 6) is 0.0376. The predicted octanol–water partition coefficient (Wildman–Crippen LogP) is 3.87. The molecule has 148 valence electrons. The summed E-state index contributed by atoms with van der Waals surface area (Å²) < 4.78 is 5.68. The summed E-state index contributed by atoms with van der Waals surface area (Å²) in [6, 6.07) is 14.4. The maximum atomic E-state index is 12.9. The van der Waals surface area contributed by atoms with Crippen LogP contribution in [0.2, 0.25) is 0 Å². The first kappa shape index (κ1) is 20.1. The highest BCUT2D eigenvalue weighted by molar-refractivity contribution is 5.98. The van der Waals surface area contributed by atoms with Gasteiger partial charge in [-0.25, -0.2) is 0 Å². The van der Waals surface area contributed by atoms with Gasteiger partial charge in [0.05, 0.1) is 6.10 Å². The van der Waals surface area contributed by atoms with Gasteiger partial charge in [-0.15, -0.1) is 0 Å². The van der Waals surface area contributed by atoms with Crippen molar-refractivity contribution in [2.75, 3.05) is 13.2 Å². The molecule has 1 fully saturated rings. The van der Waals surface area contributed by atoms with Crippen molar-refractivity contribution >= 4 is 11.7 Å². The molecule has 0 radical (unpaired) electrons. The first-order valence-corrected chi connectivity index (χ1v) is 9.79. The van der Waals surface area contributed by atoms with Crippen LogP contribution >= 0.6 is 0 Å². The van der Waals surface area contributed by atoms with Gasteiger partial charge in [0.15, 0.2) is 5.78 Å². The molecule has 28 heavy (non-hydrogen) atoms. The number of hydrogen-bond acceptors (Lipinski definition) is 4. The smallest absolute Gasteiger partial charge is 0.223 e. The number of amides is 1. The molecule has 2 aromatic rings. The van der Waals surface area contributed by atoms with Crippen LogP contribution in [0.1, 0.15) is 47.2 Å². The van der Waals surface area contributed by atoms with Crippen molar-refractivity contribution < 1.29 is 19.4 Å². The van der Waals surface area contributed by atoms with E-state index in [0.717, 1.165) is 25.0 Å². The van der Waals surface area contributed by atoms with Crippen LogP contribution in [0.5, 0.6) is 5.75 Å². The van der Waals surface area contributed by atoms with Gasteiger partial charge in [0.2, 0.25) is 5.91 Å². The van der Waals surface area contributed by atoms with E-state index in [9.17, 15) is 14.7 Å². The molecule has 1 aliphatic rings. The molecular formula is C23H27NO4. The van der Waals surface area contributed by atoms with E-state index >= 15 is 0 Å². The van der Waals surface area contributed by atoms with Crippen LogP contribution in [0.4, 0.5) is 0 Å². The van der Waals surface area contributed by atoms with Crippen molar-refractivity contribution in [3.8, 4) is 5.75 Å². The first-order valence-electron chi connectivity index (χ1n) is 9.79. The summed E-state index contributed by atoms with van der Waals surface area (Å²) in [4.78, 5) is 27.0. The van der Waals surface area contributed by atoms with Gasteiger partial charge in [-0.2, -0.15) is 0 Å². The highest BCUT2D eigenvalue weighted by Gasteiger charge is 2.24. The second-order valence-electron chi connectivity index (χ2n) is 7.33. The fourth-order valence-corrected chi connectivity index (χ4v) is 3.40. The zero-order valence-corrected chi connectivity index (χ0v) is 16.3. The van der Waals surface area contributed by atoms with E-state index in [1.807, 2.05) is 31.2 Å². The van der Waals surface area contributed by atoms with Crippen molar-refractivity contribution in [1.29, 1.82) is 0 Å². The van der Waals surface area contributed by atoms with E-state index in [4.69, 9.17) is 4.74 Å². The molecule has 1 N–H and O–H groups in total. The van der Waals surface area contributed by atoms with Crippen LogP contribution in [0.25, 0.3) is 0 Å². The van der Waals surface area contributed by atoms with Crippen LogP contribution in [-0.2, 0) is 16.1 Å². The van der Waals surface area contributed by atoms with Gasteiger partial charge in [-0.05, 0) is 25.8 Å². The summed E-state index contributed by atoms with van der Waals surface area (Å²) in [6.45, 7) is 3.48. The molecule has 5 nitrogen and oxygen atoms in total. The van der Waals surface area contributed by atoms with Crippen molar-refractivity contribution in [3.05, 3.63) is 65.2 Å². The third kappa shape index (κ3) is 5.42. The van der Waals surface area contributed by atoms with Crippen molar-refractivity contribution in [3.63, 3.8) is 0 Å². The molecule has 0 bridgehead atoms.